The van der Waals surface area contributed by atoms with E-state index in [9.17, 15) is 4.79 Å². The van der Waals surface area contributed by atoms with Gasteiger partial charge in [-0.2, -0.15) is 5.10 Å². The standard InChI is InChI=1S/C23H22N2O2/c26-23(16-15-19-9-3-1-4-10-19)25-24-17-21-13-7-8-14-22(21)27-18-20-11-5-2-6-12-20/h1-14,17H,15-16,18H2,(H,25,26)/b24-17+. The molecule has 3 aromatic carbocycles. The summed E-state index contributed by atoms with van der Waals surface area (Å²) in [6.45, 7) is 0.481. The summed E-state index contributed by atoms with van der Waals surface area (Å²) in [6, 6.07) is 27.5. The first-order valence-corrected chi connectivity index (χ1v) is 8.93. The number of hydrogen-bond donors (Lipinski definition) is 1. The summed E-state index contributed by atoms with van der Waals surface area (Å²) in [7, 11) is 0. The smallest absolute Gasteiger partial charge is 0.240 e. The number of nitrogens with zero attached hydrogens (tertiary/aromatic N) is 1. The third-order valence-electron chi connectivity index (χ3n) is 4.03. The Morgan fingerprint density at radius 2 is 1.48 bits per heavy atom. The summed E-state index contributed by atoms with van der Waals surface area (Å²) in [5.74, 6) is 0.612. The van der Waals surface area contributed by atoms with Crippen LogP contribution in [0, 0.1) is 0 Å². The van der Waals surface area contributed by atoms with E-state index in [0.717, 1.165) is 22.4 Å². The summed E-state index contributed by atoms with van der Waals surface area (Å²) in [4.78, 5) is 11.9. The fourth-order valence-corrected chi connectivity index (χ4v) is 2.59. The molecule has 1 N–H and O–H groups in total. The van der Waals surface area contributed by atoms with Crippen LogP contribution in [0.15, 0.2) is 90.0 Å². The molecule has 0 radical (unpaired) electrons. The Bertz CT molecular complexity index is 877. The Kier molecular flexibility index (Phi) is 6.76. The molecule has 0 unspecified atom stereocenters. The van der Waals surface area contributed by atoms with Crippen LogP contribution in [0.3, 0.4) is 0 Å². The number of amides is 1. The molecule has 3 aromatic rings. The number of nitrogens with one attached hydrogen (secondary N) is 1. The number of hydrazone groups is 1. The Balaban J connectivity index is 1.51. The lowest BCUT2D eigenvalue weighted by Crippen LogP contribution is -2.17. The van der Waals surface area contributed by atoms with Crippen molar-refractivity contribution in [3.05, 3.63) is 102 Å². The second-order valence-electron chi connectivity index (χ2n) is 6.09. The molecule has 4 heteroatoms. The maximum atomic E-state index is 11.9. The van der Waals surface area contributed by atoms with Gasteiger partial charge in [-0.05, 0) is 29.7 Å². The van der Waals surface area contributed by atoms with Gasteiger partial charge in [-0.3, -0.25) is 4.79 Å². The van der Waals surface area contributed by atoms with Crippen LogP contribution < -0.4 is 10.2 Å². The first kappa shape index (κ1) is 18.4. The first-order valence-electron chi connectivity index (χ1n) is 8.93. The van der Waals surface area contributed by atoms with E-state index in [2.05, 4.69) is 10.5 Å². The van der Waals surface area contributed by atoms with Gasteiger partial charge in [0.15, 0.2) is 0 Å². The van der Waals surface area contributed by atoms with Gasteiger partial charge in [-0.25, -0.2) is 5.43 Å². The van der Waals surface area contributed by atoms with Gasteiger partial charge < -0.3 is 4.74 Å². The number of carbonyl (C=O) groups is 1. The van der Waals surface area contributed by atoms with Gasteiger partial charge in [0.25, 0.3) is 0 Å². The van der Waals surface area contributed by atoms with Crippen molar-refractivity contribution in [3.8, 4) is 5.75 Å². The van der Waals surface area contributed by atoms with Crippen LogP contribution in [0.4, 0.5) is 0 Å². The highest BCUT2D eigenvalue weighted by Gasteiger charge is 2.03. The van der Waals surface area contributed by atoms with Gasteiger partial charge in [0.2, 0.25) is 5.91 Å². The number of para-hydroxylation sites is 1. The van der Waals surface area contributed by atoms with Crippen molar-refractivity contribution >= 4 is 12.1 Å². The Morgan fingerprint density at radius 1 is 0.852 bits per heavy atom. The minimum atomic E-state index is -0.113. The SMILES string of the molecule is O=C(CCc1ccccc1)N/N=C/c1ccccc1OCc1ccccc1. The van der Waals surface area contributed by atoms with E-state index in [-0.39, 0.29) is 5.91 Å². The predicted octanol–water partition coefficient (Wildman–Crippen LogP) is 4.35. The van der Waals surface area contributed by atoms with E-state index < -0.39 is 0 Å². The zero-order valence-electron chi connectivity index (χ0n) is 15.0. The second kappa shape index (κ2) is 9.92. The van der Waals surface area contributed by atoms with Crippen molar-refractivity contribution in [2.24, 2.45) is 5.10 Å². The minimum Gasteiger partial charge on any atom is -0.488 e. The summed E-state index contributed by atoms with van der Waals surface area (Å²) < 4.78 is 5.88. The van der Waals surface area contributed by atoms with Crippen molar-refractivity contribution in [2.45, 2.75) is 19.4 Å². The van der Waals surface area contributed by atoms with Crippen molar-refractivity contribution in [2.75, 3.05) is 0 Å². The highest BCUT2D eigenvalue weighted by Crippen LogP contribution is 2.17. The first-order chi connectivity index (χ1) is 13.3. The summed E-state index contributed by atoms with van der Waals surface area (Å²) in [5.41, 5.74) is 5.63. The van der Waals surface area contributed by atoms with Crippen LogP contribution in [0.1, 0.15) is 23.1 Å². The summed E-state index contributed by atoms with van der Waals surface area (Å²) in [5, 5.41) is 4.06. The Morgan fingerprint density at radius 3 is 2.22 bits per heavy atom. The van der Waals surface area contributed by atoms with Crippen LogP contribution in [-0.2, 0) is 17.8 Å². The van der Waals surface area contributed by atoms with E-state index in [1.54, 1.807) is 6.21 Å². The average molecular weight is 358 g/mol. The largest absolute Gasteiger partial charge is 0.488 e. The van der Waals surface area contributed by atoms with Crippen molar-refractivity contribution in [3.63, 3.8) is 0 Å². The molecule has 1 amide bonds. The molecular formula is C23H22N2O2. The van der Waals surface area contributed by atoms with E-state index in [1.807, 2.05) is 84.9 Å². The second-order valence-corrected chi connectivity index (χ2v) is 6.09. The Hall–Kier alpha value is -3.40. The molecule has 0 aliphatic carbocycles. The molecule has 0 spiro atoms. The third kappa shape index (κ3) is 6.12. The number of ether oxygens (including phenoxy) is 1. The van der Waals surface area contributed by atoms with Crippen molar-refractivity contribution in [1.82, 2.24) is 5.43 Å². The minimum absolute atomic E-state index is 0.113. The normalized spacial score (nSPS) is 10.7. The third-order valence-corrected chi connectivity index (χ3v) is 4.03. The number of rotatable bonds is 8. The number of aryl methyl sites for hydroxylation is 1. The Labute approximate surface area is 159 Å². The molecule has 3 rings (SSSR count). The molecule has 4 nitrogen and oxygen atoms in total. The molecule has 0 bridgehead atoms. The van der Waals surface area contributed by atoms with Crippen LogP contribution in [0.25, 0.3) is 0 Å². The molecular weight excluding hydrogens is 336 g/mol. The molecule has 27 heavy (non-hydrogen) atoms. The molecule has 136 valence electrons. The molecule has 0 saturated heterocycles. The topological polar surface area (TPSA) is 50.7 Å². The molecule has 0 heterocycles. The molecule has 0 fully saturated rings. The number of carbonyl (C=O) groups excluding carboxylic acids is 1. The van der Waals surface area contributed by atoms with E-state index in [0.29, 0.717) is 19.4 Å². The fourth-order valence-electron chi connectivity index (χ4n) is 2.59. The zero-order valence-corrected chi connectivity index (χ0v) is 15.0. The molecule has 0 aliphatic rings. The van der Waals surface area contributed by atoms with Crippen LogP contribution in [-0.4, -0.2) is 12.1 Å². The van der Waals surface area contributed by atoms with Gasteiger partial charge in [0.1, 0.15) is 12.4 Å². The molecule has 0 aliphatic heterocycles. The number of benzene rings is 3. The maximum absolute atomic E-state index is 11.9. The molecule has 0 aromatic heterocycles. The van der Waals surface area contributed by atoms with Gasteiger partial charge in [0.05, 0.1) is 6.21 Å². The van der Waals surface area contributed by atoms with Crippen molar-refractivity contribution in [1.29, 1.82) is 0 Å². The van der Waals surface area contributed by atoms with E-state index in [4.69, 9.17) is 4.74 Å². The van der Waals surface area contributed by atoms with Gasteiger partial charge in [-0.1, -0.05) is 72.8 Å². The summed E-state index contributed by atoms with van der Waals surface area (Å²) >= 11 is 0. The molecule has 0 saturated carbocycles. The lowest BCUT2D eigenvalue weighted by molar-refractivity contribution is -0.121. The molecule has 0 atom stereocenters. The van der Waals surface area contributed by atoms with Gasteiger partial charge in [0, 0.05) is 12.0 Å². The van der Waals surface area contributed by atoms with Crippen molar-refractivity contribution < 1.29 is 9.53 Å². The lowest BCUT2D eigenvalue weighted by atomic mass is 10.1. The highest BCUT2D eigenvalue weighted by molar-refractivity contribution is 5.85. The van der Waals surface area contributed by atoms with E-state index >= 15 is 0 Å². The number of hydrogen-bond acceptors (Lipinski definition) is 3. The van der Waals surface area contributed by atoms with Gasteiger partial charge >= 0.3 is 0 Å². The average Bonchev–Trinajstić information content (AvgIpc) is 2.73. The zero-order chi connectivity index (χ0) is 18.7. The lowest BCUT2D eigenvalue weighted by Gasteiger charge is -2.09. The maximum Gasteiger partial charge on any atom is 0.240 e. The highest BCUT2D eigenvalue weighted by atomic mass is 16.5. The van der Waals surface area contributed by atoms with E-state index in [1.165, 1.54) is 0 Å². The monoisotopic (exact) mass is 358 g/mol. The van der Waals surface area contributed by atoms with Gasteiger partial charge in [-0.15, -0.1) is 0 Å². The van der Waals surface area contributed by atoms with Crippen LogP contribution >= 0.6 is 0 Å². The summed E-state index contributed by atoms with van der Waals surface area (Å²) in [6.07, 6.45) is 2.70. The van der Waals surface area contributed by atoms with Crippen LogP contribution in [0.2, 0.25) is 0 Å². The predicted molar refractivity (Wildman–Crippen MR) is 108 cm³/mol. The fraction of sp³-hybridized carbons (Fsp3) is 0.130. The quantitative estimate of drug-likeness (QED) is 0.481. The van der Waals surface area contributed by atoms with Crippen LogP contribution in [0.5, 0.6) is 5.75 Å².